The van der Waals surface area contributed by atoms with E-state index in [-0.39, 0.29) is 5.91 Å². The standard InChI is InChI=1S/C17H22INO/c1-12-5-7-15(8-6-12)19(16-9-10-16)17(20)13-3-2-4-14(18)11-13/h2-4,11-12,15-16H,5-10H2,1H3. The summed E-state index contributed by atoms with van der Waals surface area (Å²) in [4.78, 5) is 15.1. The van der Waals surface area contributed by atoms with Crippen LogP contribution in [-0.4, -0.2) is 22.9 Å². The number of nitrogens with zero attached hydrogens (tertiary/aromatic N) is 1. The molecular formula is C17H22INO. The van der Waals surface area contributed by atoms with Crippen molar-refractivity contribution in [1.29, 1.82) is 0 Å². The monoisotopic (exact) mass is 383 g/mol. The lowest BCUT2D eigenvalue weighted by molar-refractivity contribution is 0.0593. The molecule has 2 aliphatic carbocycles. The van der Waals surface area contributed by atoms with E-state index in [1.807, 2.05) is 24.3 Å². The van der Waals surface area contributed by atoms with Gasteiger partial charge in [0.05, 0.1) is 0 Å². The minimum absolute atomic E-state index is 0.255. The summed E-state index contributed by atoms with van der Waals surface area (Å²) in [6.07, 6.45) is 7.31. The Labute approximate surface area is 135 Å². The van der Waals surface area contributed by atoms with E-state index < -0.39 is 0 Å². The van der Waals surface area contributed by atoms with Crippen LogP contribution in [0.3, 0.4) is 0 Å². The molecule has 0 bridgehead atoms. The Morgan fingerprint density at radius 1 is 1.10 bits per heavy atom. The molecule has 0 spiro atoms. The van der Waals surface area contributed by atoms with Gasteiger partial charge in [-0.25, -0.2) is 0 Å². The maximum atomic E-state index is 12.9. The van der Waals surface area contributed by atoms with E-state index in [1.165, 1.54) is 38.5 Å². The predicted octanol–water partition coefficient (Wildman–Crippen LogP) is 4.47. The maximum absolute atomic E-state index is 12.9. The molecule has 2 saturated carbocycles. The molecule has 3 rings (SSSR count). The molecule has 0 N–H and O–H groups in total. The van der Waals surface area contributed by atoms with Crippen molar-refractivity contribution in [2.24, 2.45) is 5.92 Å². The van der Waals surface area contributed by atoms with E-state index in [0.29, 0.717) is 12.1 Å². The Bertz CT molecular complexity index is 490. The van der Waals surface area contributed by atoms with Crippen LogP contribution >= 0.6 is 22.6 Å². The summed E-state index contributed by atoms with van der Waals surface area (Å²) in [6, 6.07) is 9.00. The van der Waals surface area contributed by atoms with Crippen molar-refractivity contribution < 1.29 is 4.79 Å². The van der Waals surface area contributed by atoms with Crippen molar-refractivity contribution in [3.8, 4) is 0 Å². The zero-order valence-corrected chi connectivity index (χ0v) is 14.2. The molecule has 2 fully saturated rings. The Morgan fingerprint density at radius 2 is 1.70 bits per heavy atom. The number of carbonyl (C=O) groups is 1. The molecule has 1 aromatic rings. The van der Waals surface area contributed by atoms with Gasteiger partial charge in [-0.2, -0.15) is 0 Å². The van der Waals surface area contributed by atoms with Gasteiger partial charge in [-0.1, -0.05) is 13.0 Å². The number of amides is 1. The summed E-state index contributed by atoms with van der Waals surface area (Å²) in [5.41, 5.74) is 0.863. The minimum Gasteiger partial charge on any atom is -0.333 e. The fourth-order valence-electron chi connectivity index (χ4n) is 3.27. The van der Waals surface area contributed by atoms with Gasteiger partial charge in [0, 0.05) is 21.2 Å². The molecule has 20 heavy (non-hydrogen) atoms. The van der Waals surface area contributed by atoms with Gasteiger partial charge in [0.1, 0.15) is 0 Å². The van der Waals surface area contributed by atoms with Crippen LogP contribution in [-0.2, 0) is 0 Å². The number of halogens is 1. The summed E-state index contributed by atoms with van der Waals surface area (Å²) in [5.74, 6) is 1.09. The lowest BCUT2D eigenvalue weighted by atomic mass is 9.86. The molecule has 2 aliphatic rings. The first kappa shape index (κ1) is 14.4. The molecule has 0 aromatic heterocycles. The quantitative estimate of drug-likeness (QED) is 0.706. The van der Waals surface area contributed by atoms with Crippen LogP contribution in [0.1, 0.15) is 55.8 Å². The highest BCUT2D eigenvalue weighted by Gasteiger charge is 2.38. The first-order valence-corrected chi connectivity index (χ1v) is 8.81. The molecule has 3 heteroatoms. The van der Waals surface area contributed by atoms with Gasteiger partial charge in [0.15, 0.2) is 0 Å². The minimum atomic E-state index is 0.255. The zero-order chi connectivity index (χ0) is 14.1. The van der Waals surface area contributed by atoms with Crippen molar-refractivity contribution in [3.63, 3.8) is 0 Å². The fraction of sp³-hybridized carbons (Fsp3) is 0.588. The zero-order valence-electron chi connectivity index (χ0n) is 12.0. The van der Waals surface area contributed by atoms with Crippen molar-refractivity contribution in [1.82, 2.24) is 4.90 Å². The number of benzene rings is 1. The average Bonchev–Trinajstić information content (AvgIpc) is 3.26. The third kappa shape index (κ3) is 3.18. The fourth-order valence-corrected chi connectivity index (χ4v) is 3.82. The third-order valence-electron chi connectivity index (χ3n) is 4.63. The molecule has 1 amide bonds. The molecule has 0 aliphatic heterocycles. The predicted molar refractivity (Wildman–Crippen MR) is 89.8 cm³/mol. The highest BCUT2D eigenvalue weighted by molar-refractivity contribution is 14.1. The molecule has 0 unspecified atom stereocenters. The van der Waals surface area contributed by atoms with Crippen molar-refractivity contribution in [2.75, 3.05) is 0 Å². The van der Waals surface area contributed by atoms with Gasteiger partial charge >= 0.3 is 0 Å². The lowest BCUT2D eigenvalue weighted by Crippen LogP contribution is -2.43. The summed E-state index contributed by atoms with van der Waals surface area (Å²) in [5, 5.41) is 0. The number of carbonyl (C=O) groups excluding carboxylic acids is 1. The largest absolute Gasteiger partial charge is 0.333 e. The molecule has 0 heterocycles. The molecular weight excluding hydrogens is 361 g/mol. The Morgan fingerprint density at radius 3 is 2.25 bits per heavy atom. The highest BCUT2D eigenvalue weighted by atomic mass is 127. The molecule has 1 aromatic carbocycles. The van der Waals surface area contributed by atoms with Gasteiger partial charge in [-0.05, 0) is 85.2 Å². The van der Waals surface area contributed by atoms with E-state index in [1.54, 1.807) is 0 Å². The molecule has 0 atom stereocenters. The third-order valence-corrected chi connectivity index (χ3v) is 5.30. The average molecular weight is 383 g/mol. The van der Waals surface area contributed by atoms with Gasteiger partial charge in [0.25, 0.3) is 5.91 Å². The first-order valence-electron chi connectivity index (χ1n) is 7.73. The Kier molecular flexibility index (Phi) is 4.34. The highest BCUT2D eigenvalue weighted by Crippen LogP contribution is 2.36. The number of hydrogen-bond donors (Lipinski definition) is 0. The van der Waals surface area contributed by atoms with E-state index in [9.17, 15) is 4.79 Å². The van der Waals surface area contributed by atoms with Crippen molar-refractivity contribution >= 4 is 28.5 Å². The van der Waals surface area contributed by atoms with Crippen LogP contribution in [0, 0.1) is 9.49 Å². The van der Waals surface area contributed by atoms with Crippen LogP contribution in [0.2, 0.25) is 0 Å². The molecule has 108 valence electrons. The normalized spacial score (nSPS) is 26.3. The van der Waals surface area contributed by atoms with E-state index >= 15 is 0 Å². The second kappa shape index (κ2) is 6.04. The van der Waals surface area contributed by atoms with E-state index in [4.69, 9.17) is 0 Å². The summed E-state index contributed by atoms with van der Waals surface area (Å²) in [6.45, 7) is 2.33. The SMILES string of the molecule is CC1CCC(N(C(=O)c2cccc(I)c2)C2CC2)CC1. The van der Waals surface area contributed by atoms with E-state index in [0.717, 1.165) is 15.1 Å². The van der Waals surface area contributed by atoms with Crippen LogP contribution in [0.15, 0.2) is 24.3 Å². The summed E-state index contributed by atoms with van der Waals surface area (Å²) in [7, 11) is 0. The van der Waals surface area contributed by atoms with Crippen LogP contribution in [0.5, 0.6) is 0 Å². The smallest absolute Gasteiger partial charge is 0.254 e. The molecule has 2 nitrogen and oxygen atoms in total. The second-order valence-electron chi connectivity index (χ2n) is 6.37. The molecule has 0 saturated heterocycles. The van der Waals surface area contributed by atoms with Crippen LogP contribution < -0.4 is 0 Å². The Balaban J connectivity index is 1.78. The molecule has 0 radical (unpaired) electrons. The maximum Gasteiger partial charge on any atom is 0.254 e. The van der Waals surface area contributed by atoms with E-state index in [2.05, 4.69) is 34.4 Å². The van der Waals surface area contributed by atoms with Crippen molar-refractivity contribution in [3.05, 3.63) is 33.4 Å². The summed E-state index contributed by atoms with van der Waals surface area (Å²) < 4.78 is 1.14. The second-order valence-corrected chi connectivity index (χ2v) is 7.61. The van der Waals surface area contributed by atoms with Crippen LogP contribution in [0.4, 0.5) is 0 Å². The van der Waals surface area contributed by atoms with Crippen LogP contribution in [0.25, 0.3) is 0 Å². The first-order chi connectivity index (χ1) is 9.65. The van der Waals surface area contributed by atoms with Crippen molar-refractivity contribution in [2.45, 2.75) is 57.5 Å². The summed E-state index contributed by atoms with van der Waals surface area (Å²) >= 11 is 2.28. The Hall–Kier alpha value is -0.580. The lowest BCUT2D eigenvalue weighted by Gasteiger charge is -2.36. The van der Waals surface area contributed by atoms with Gasteiger partial charge in [-0.3, -0.25) is 4.79 Å². The van der Waals surface area contributed by atoms with Gasteiger partial charge < -0.3 is 4.90 Å². The topological polar surface area (TPSA) is 20.3 Å². The number of hydrogen-bond acceptors (Lipinski definition) is 1. The van der Waals surface area contributed by atoms with Gasteiger partial charge in [-0.15, -0.1) is 0 Å². The van der Waals surface area contributed by atoms with Gasteiger partial charge in [0.2, 0.25) is 0 Å². The number of rotatable bonds is 3.